The highest BCUT2D eigenvalue weighted by atomic mass is 35.5. The van der Waals surface area contributed by atoms with Gasteiger partial charge < -0.3 is 4.90 Å². The predicted molar refractivity (Wildman–Crippen MR) is 81.2 cm³/mol. The minimum Gasteiger partial charge on any atom is -0.310 e. The van der Waals surface area contributed by atoms with Crippen molar-refractivity contribution in [1.29, 1.82) is 0 Å². The van der Waals surface area contributed by atoms with Crippen LogP contribution in [0.15, 0.2) is 54.6 Å². The Labute approximate surface area is 127 Å². The number of carbonyl (C=O) groups is 2. The van der Waals surface area contributed by atoms with Crippen LogP contribution in [0.5, 0.6) is 0 Å². The number of rotatable bonds is 3. The van der Waals surface area contributed by atoms with Gasteiger partial charge in [-0.25, -0.2) is 9.69 Å². The Balaban J connectivity index is 1.84. The molecule has 5 heteroatoms. The average Bonchev–Trinajstić information content (AvgIpc) is 2.76. The summed E-state index contributed by atoms with van der Waals surface area (Å²) in [6.45, 7) is 0.477. The second-order valence-electron chi connectivity index (χ2n) is 4.80. The lowest BCUT2D eigenvalue weighted by molar-refractivity contribution is -0.116. The van der Waals surface area contributed by atoms with E-state index in [4.69, 9.17) is 11.6 Å². The van der Waals surface area contributed by atoms with E-state index in [0.29, 0.717) is 17.3 Å². The smallest absolute Gasteiger partial charge is 0.310 e. The van der Waals surface area contributed by atoms with Crippen LogP contribution >= 0.6 is 11.6 Å². The van der Waals surface area contributed by atoms with Gasteiger partial charge in [-0.15, -0.1) is 0 Å². The summed E-state index contributed by atoms with van der Waals surface area (Å²) >= 11 is 6.08. The molecule has 0 N–H and O–H groups in total. The molecule has 106 valence electrons. The topological polar surface area (TPSA) is 40.6 Å². The summed E-state index contributed by atoms with van der Waals surface area (Å²) in [4.78, 5) is 27.2. The maximum absolute atomic E-state index is 12.4. The molecule has 3 amide bonds. The number of nitrogens with zero attached hydrogens (tertiary/aromatic N) is 2. The Hall–Kier alpha value is -2.33. The summed E-state index contributed by atoms with van der Waals surface area (Å²) < 4.78 is 0. The second-order valence-corrected chi connectivity index (χ2v) is 5.21. The zero-order chi connectivity index (χ0) is 14.8. The molecule has 2 aromatic rings. The van der Waals surface area contributed by atoms with E-state index in [-0.39, 0.29) is 18.5 Å². The fraction of sp³-hybridized carbons (Fsp3) is 0.125. The molecule has 2 aromatic carbocycles. The molecule has 0 spiro atoms. The third-order valence-electron chi connectivity index (χ3n) is 3.35. The molecule has 4 nitrogen and oxygen atoms in total. The molecule has 1 aliphatic rings. The zero-order valence-electron chi connectivity index (χ0n) is 11.2. The summed E-state index contributed by atoms with van der Waals surface area (Å²) in [6, 6.07) is 16.1. The van der Waals surface area contributed by atoms with Gasteiger partial charge in [-0.1, -0.05) is 54.1 Å². The highest BCUT2D eigenvalue weighted by molar-refractivity contribution is 6.35. The Kier molecular flexibility index (Phi) is 3.62. The lowest BCUT2D eigenvalue weighted by Gasteiger charge is -2.18. The van der Waals surface area contributed by atoms with Crippen LogP contribution in [0.25, 0.3) is 0 Å². The van der Waals surface area contributed by atoms with Crippen molar-refractivity contribution < 1.29 is 9.59 Å². The number of amides is 3. The van der Waals surface area contributed by atoms with Gasteiger partial charge in [0.2, 0.25) is 0 Å². The fourth-order valence-electron chi connectivity index (χ4n) is 2.35. The number of halogens is 1. The number of carbonyl (C=O) groups excluding carboxylic acids is 2. The molecule has 0 unspecified atom stereocenters. The first-order chi connectivity index (χ1) is 10.2. The average molecular weight is 301 g/mol. The van der Waals surface area contributed by atoms with Crippen molar-refractivity contribution in [2.24, 2.45) is 0 Å². The molecule has 1 aliphatic heterocycles. The maximum atomic E-state index is 12.4. The van der Waals surface area contributed by atoms with Crippen LogP contribution in [-0.4, -0.2) is 23.4 Å². The van der Waals surface area contributed by atoms with Crippen LogP contribution in [-0.2, 0) is 11.3 Å². The van der Waals surface area contributed by atoms with Gasteiger partial charge in [0.25, 0.3) is 5.91 Å². The molecule has 0 aliphatic carbocycles. The van der Waals surface area contributed by atoms with Crippen LogP contribution in [0.2, 0.25) is 5.02 Å². The number of anilines is 1. The van der Waals surface area contributed by atoms with E-state index in [2.05, 4.69) is 0 Å². The molecule has 0 aromatic heterocycles. The first-order valence-corrected chi connectivity index (χ1v) is 6.95. The molecular formula is C16H13ClN2O2. The van der Waals surface area contributed by atoms with Crippen molar-refractivity contribution in [3.8, 4) is 0 Å². The number of urea groups is 1. The van der Waals surface area contributed by atoms with Gasteiger partial charge in [0.1, 0.15) is 6.54 Å². The summed E-state index contributed by atoms with van der Waals surface area (Å²) in [7, 11) is 0. The van der Waals surface area contributed by atoms with Gasteiger partial charge in [0.15, 0.2) is 0 Å². The van der Waals surface area contributed by atoms with E-state index in [0.717, 1.165) is 10.5 Å². The maximum Gasteiger partial charge on any atom is 0.332 e. The van der Waals surface area contributed by atoms with Crippen LogP contribution in [0.3, 0.4) is 0 Å². The van der Waals surface area contributed by atoms with Crippen molar-refractivity contribution in [2.45, 2.75) is 6.54 Å². The van der Waals surface area contributed by atoms with Crippen molar-refractivity contribution in [3.05, 3.63) is 65.2 Å². The normalized spacial score (nSPS) is 14.9. The molecule has 1 saturated heterocycles. The number of benzene rings is 2. The molecule has 21 heavy (non-hydrogen) atoms. The quantitative estimate of drug-likeness (QED) is 0.816. The summed E-state index contributed by atoms with van der Waals surface area (Å²) in [6.07, 6.45) is 0. The van der Waals surface area contributed by atoms with E-state index in [9.17, 15) is 9.59 Å². The molecule has 0 atom stereocenters. The van der Waals surface area contributed by atoms with E-state index >= 15 is 0 Å². The van der Waals surface area contributed by atoms with Crippen LogP contribution < -0.4 is 4.90 Å². The second kappa shape index (κ2) is 5.58. The Morgan fingerprint density at radius 2 is 1.62 bits per heavy atom. The Bertz CT molecular complexity index is 688. The van der Waals surface area contributed by atoms with Crippen LogP contribution in [0.4, 0.5) is 10.5 Å². The highest BCUT2D eigenvalue weighted by Crippen LogP contribution is 2.29. The molecule has 0 bridgehead atoms. The van der Waals surface area contributed by atoms with E-state index in [1.165, 1.54) is 4.90 Å². The summed E-state index contributed by atoms with van der Waals surface area (Å²) in [5.41, 5.74) is 1.42. The number of para-hydroxylation sites is 1. The Morgan fingerprint density at radius 1 is 0.952 bits per heavy atom. The van der Waals surface area contributed by atoms with Crippen molar-refractivity contribution >= 4 is 29.2 Å². The minimum absolute atomic E-state index is 0.0684. The molecule has 0 saturated carbocycles. The van der Waals surface area contributed by atoms with E-state index in [1.54, 1.807) is 24.3 Å². The van der Waals surface area contributed by atoms with E-state index in [1.807, 2.05) is 30.3 Å². The molecule has 1 fully saturated rings. The van der Waals surface area contributed by atoms with Crippen molar-refractivity contribution in [3.63, 3.8) is 0 Å². The van der Waals surface area contributed by atoms with Gasteiger partial charge in [0.05, 0.1) is 10.7 Å². The summed E-state index contributed by atoms with van der Waals surface area (Å²) in [5.74, 6) is -0.260. The van der Waals surface area contributed by atoms with Crippen molar-refractivity contribution in [2.75, 3.05) is 11.4 Å². The van der Waals surface area contributed by atoms with Gasteiger partial charge in [-0.05, 0) is 17.7 Å². The largest absolute Gasteiger partial charge is 0.332 e. The predicted octanol–water partition coefficient (Wildman–Crippen LogP) is 3.31. The van der Waals surface area contributed by atoms with Gasteiger partial charge in [-0.2, -0.15) is 0 Å². The number of hydrogen-bond donors (Lipinski definition) is 0. The van der Waals surface area contributed by atoms with Crippen molar-refractivity contribution in [1.82, 2.24) is 4.90 Å². The van der Waals surface area contributed by atoms with Crippen LogP contribution in [0.1, 0.15) is 5.56 Å². The SMILES string of the molecule is O=C1CN(Cc2ccccc2)C(=O)N1c1ccccc1Cl. The first-order valence-electron chi connectivity index (χ1n) is 6.57. The van der Waals surface area contributed by atoms with Gasteiger partial charge >= 0.3 is 6.03 Å². The molecule has 3 rings (SSSR count). The van der Waals surface area contributed by atoms with Gasteiger partial charge in [-0.3, -0.25) is 4.79 Å². The minimum atomic E-state index is -0.336. The highest BCUT2D eigenvalue weighted by Gasteiger charge is 2.37. The van der Waals surface area contributed by atoms with Gasteiger partial charge in [0, 0.05) is 6.54 Å². The lowest BCUT2D eigenvalue weighted by atomic mass is 10.2. The Morgan fingerprint density at radius 3 is 2.33 bits per heavy atom. The first kappa shape index (κ1) is 13.6. The van der Waals surface area contributed by atoms with Crippen LogP contribution in [0, 0.1) is 0 Å². The third-order valence-corrected chi connectivity index (χ3v) is 3.67. The number of imide groups is 1. The molecule has 0 radical (unpaired) electrons. The molecule has 1 heterocycles. The molecular weight excluding hydrogens is 288 g/mol. The summed E-state index contributed by atoms with van der Waals surface area (Å²) in [5, 5.41) is 0.390. The third kappa shape index (κ3) is 2.62. The number of hydrogen-bond acceptors (Lipinski definition) is 2. The van der Waals surface area contributed by atoms with E-state index < -0.39 is 0 Å². The monoisotopic (exact) mass is 300 g/mol. The fourth-order valence-corrected chi connectivity index (χ4v) is 2.57. The zero-order valence-corrected chi connectivity index (χ0v) is 12.0. The standard InChI is InChI=1S/C16H13ClN2O2/c17-13-8-4-5-9-14(13)19-15(20)11-18(16(19)21)10-12-6-2-1-3-7-12/h1-9H,10-11H2. The lowest BCUT2D eigenvalue weighted by Crippen LogP contribution is -2.32.